The van der Waals surface area contributed by atoms with Crippen LogP contribution >= 0.6 is 11.6 Å². The van der Waals surface area contributed by atoms with Crippen LogP contribution in [-0.4, -0.2) is 9.78 Å². The first-order valence-electron chi connectivity index (χ1n) is 5.83. The third-order valence-electron chi connectivity index (χ3n) is 2.75. The van der Waals surface area contributed by atoms with Crippen LogP contribution in [0.5, 0.6) is 0 Å². The molecule has 2 rings (SSSR count). The van der Waals surface area contributed by atoms with Gasteiger partial charge in [-0.3, -0.25) is 0 Å². The largest absolute Gasteiger partial charge is 0.248 e. The van der Waals surface area contributed by atoms with Crippen LogP contribution in [-0.2, 0) is 6.54 Å². The minimum absolute atomic E-state index is 0.189. The van der Waals surface area contributed by atoms with Crippen molar-refractivity contribution in [2.45, 2.75) is 26.3 Å². The molecule has 0 spiro atoms. The van der Waals surface area contributed by atoms with E-state index in [9.17, 15) is 0 Å². The van der Waals surface area contributed by atoms with Crippen LogP contribution in [0.15, 0.2) is 30.3 Å². The number of nitrogens with zero attached hydrogens (tertiary/aromatic N) is 3. The van der Waals surface area contributed by atoms with Crippen LogP contribution in [0.4, 0.5) is 0 Å². The van der Waals surface area contributed by atoms with Crippen LogP contribution in [0.2, 0.25) is 5.15 Å². The molecule has 1 heterocycles. The first-order chi connectivity index (χ1) is 8.63. The molecule has 0 atom stereocenters. The summed E-state index contributed by atoms with van der Waals surface area (Å²) in [6.45, 7) is 4.60. The maximum absolute atomic E-state index is 9.14. The minimum Gasteiger partial charge on any atom is -0.248 e. The van der Waals surface area contributed by atoms with E-state index in [1.807, 2.05) is 44.2 Å². The zero-order valence-electron chi connectivity index (χ0n) is 10.4. The third kappa shape index (κ3) is 2.39. The average Bonchev–Trinajstić information content (AvgIpc) is 2.68. The molecule has 0 radical (unpaired) electrons. The van der Waals surface area contributed by atoms with Gasteiger partial charge in [0.1, 0.15) is 16.8 Å². The van der Waals surface area contributed by atoms with Gasteiger partial charge in [0.15, 0.2) is 0 Å². The fraction of sp³-hybridized carbons (Fsp3) is 0.286. The van der Waals surface area contributed by atoms with Crippen molar-refractivity contribution < 1.29 is 0 Å². The molecule has 0 aliphatic carbocycles. The van der Waals surface area contributed by atoms with E-state index in [4.69, 9.17) is 16.9 Å². The van der Waals surface area contributed by atoms with Crippen molar-refractivity contribution >= 4 is 11.6 Å². The Labute approximate surface area is 112 Å². The lowest BCUT2D eigenvalue weighted by Gasteiger charge is -2.03. The van der Waals surface area contributed by atoms with Gasteiger partial charge in [0.25, 0.3) is 0 Å². The van der Waals surface area contributed by atoms with Crippen LogP contribution in [0.3, 0.4) is 0 Å². The summed E-state index contributed by atoms with van der Waals surface area (Å²) in [5.74, 6) is 0.189. The first-order valence-corrected chi connectivity index (χ1v) is 6.21. The molecular weight excluding hydrogens is 246 g/mol. The van der Waals surface area contributed by atoms with E-state index in [0.717, 1.165) is 11.3 Å². The van der Waals surface area contributed by atoms with Crippen molar-refractivity contribution in [1.29, 1.82) is 5.26 Å². The summed E-state index contributed by atoms with van der Waals surface area (Å²) < 4.78 is 1.69. The van der Waals surface area contributed by atoms with Gasteiger partial charge in [0.2, 0.25) is 0 Å². The number of halogens is 1. The van der Waals surface area contributed by atoms with E-state index >= 15 is 0 Å². The Morgan fingerprint density at radius 2 is 2.00 bits per heavy atom. The number of hydrogen-bond donors (Lipinski definition) is 0. The second-order valence-corrected chi connectivity index (χ2v) is 4.82. The van der Waals surface area contributed by atoms with E-state index < -0.39 is 0 Å². The van der Waals surface area contributed by atoms with E-state index in [-0.39, 0.29) is 5.92 Å². The van der Waals surface area contributed by atoms with Gasteiger partial charge in [-0.15, -0.1) is 0 Å². The molecule has 1 aromatic heterocycles. The van der Waals surface area contributed by atoms with Gasteiger partial charge in [-0.05, 0) is 11.5 Å². The van der Waals surface area contributed by atoms with Gasteiger partial charge in [0, 0.05) is 0 Å². The summed E-state index contributed by atoms with van der Waals surface area (Å²) in [6, 6.07) is 12.1. The molecule has 1 aromatic carbocycles. The summed E-state index contributed by atoms with van der Waals surface area (Å²) in [5.41, 5.74) is 2.36. The summed E-state index contributed by atoms with van der Waals surface area (Å²) >= 11 is 6.20. The molecule has 0 saturated carbocycles. The highest BCUT2D eigenvalue weighted by atomic mass is 35.5. The van der Waals surface area contributed by atoms with Gasteiger partial charge in [0.05, 0.1) is 12.2 Å². The molecule has 4 heteroatoms. The first kappa shape index (κ1) is 12.7. The predicted molar refractivity (Wildman–Crippen MR) is 71.6 cm³/mol. The summed E-state index contributed by atoms with van der Waals surface area (Å²) in [7, 11) is 0. The molecule has 2 aromatic rings. The second-order valence-electron chi connectivity index (χ2n) is 4.46. The molecule has 0 aliphatic rings. The zero-order valence-corrected chi connectivity index (χ0v) is 11.1. The monoisotopic (exact) mass is 259 g/mol. The average molecular weight is 260 g/mol. The Morgan fingerprint density at radius 3 is 2.50 bits per heavy atom. The maximum Gasteiger partial charge on any atom is 0.145 e. The van der Waals surface area contributed by atoms with Crippen molar-refractivity contribution in [2.24, 2.45) is 0 Å². The molecule has 0 bridgehead atoms. The molecule has 18 heavy (non-hydrogen) atoms. The van der Waals surface area contributed by atoms with Crippen molar-refractivity contribution in [1.82, 2.24) is 9.78 Å². The Hall–Kier alpha value is -1.79. The summed E-state index contributed by atoms with van der Waals surface area (Å²) in [4.78, 5) is 0. The van der Waals surface area contributed by atoms with Crippen LogP contribution in [0.25, 0.3) is 0 Å². The Morgan fingerprint density at radius 1 is 1.33 bits per heavy atom. The molecule has 0 aliphatic heterocycles. The fourth-order valence-corrected chi connectivity index (χ4v) is 2.06. The molecule has 0 unspecified atom stereocenters. The smallest absolute Gasteiger partial charge is 0.145 e. The predicted octanol–water partition coefficient (Wildman–Crippen LogP) is 3.58. The lowest BCUT2D eigenvalue weighted by Crippen LogP contribution is -2.02. The van der Waals surface area contributed by atoms with Crippen LogP contribution in [0.1, 0.15) is 36.6 Å². The van der Waals surface area contributed by atoms with Crippen LogP contribution in [0, 0.1) is 11.3 Å². The van der Waals surface area contributed by atoms with Crippen molar-refractivity contribution in [3.8, 4) is 6.07 Å². The minimum atomic E-state index is 0.189. The van der Waals surface area contributed by atoms with Gasteiger partial charge in [-0.25, -0.2) is 4.68 Å². The third-order valence-corrected chi connectivity index (χ3v) is 3.14. The lowest BCUT2D eigenvalue weighted by atomic mass is 10.1. The SMILES string of the molecule is CC(C)c1nn(Cc2ccccc2)c(Cl)c1C#N. The highest BCUT2D eigenvalue weighted by Crippen LogP contribution is 2.25. The normalized spacial score (nSPS) is 10.6. The Kier molecular flexibility index (Phi) is 3.69. The van der Waals surface area contributed by atoms with E-state index in [2.05, 4.69) is 11.2 Å². The van der Waals surface area contributed by atoms with Crippen molar-refractivity contribution in [2.75, 3.05) is 0 Å². The molecule has 0 fully saturated rings. The van der Waals surface area contributed by atoms with Gasteiger partial charge >= 0.3 is 0 Å². The van der Waals surface area contributed by atoms with Gasteiger partial charge < -0.3 is 0 Å². The highest BCUT2D eigenvalue weighted by Gasteiger charge is 2.18. The topological polar surface area (TPSA) is 41.6 Å². The van der Waals surface area contributed by atoms with Crippen molar-refractivity contribution in [3.63, 3.8) is 0 Å². The van der Waals surface area contributed by atoms with E-state index in [0.29, 0.717) is 17.3 Å². The number of nitriles is 1. The zero-order chi connectivity index (χ0) is 13.1. The second kappa shape index (κ2) is 5.24. The van der Waals surface area contributed by atoms with Crippen LogP contribution < -0.4 is 0 Å². The van der Waals surface area contributed by atoms with Crippen molar-refractivity contribution in [3.05, 3.63) is 52.3 Å². The molecular formula is C14H14ClN3. The Balaban J connectivity index is 2.38. The van der Waals surface area contributed by atoms with E-state index in [1.165, 1.54) is 0 Å². The number of hydrogen-bond acceptors (Lipinski definition) is 2. The van der Waals surface area contributed by atoms with Gasteiger partial charge in [-0.1, -0.05) is 55.8 Å². The standard InChI is InChI=1S/C14H14ClN3/c1-10(2)13-12(8-16)14(15)18(17-13)9-11-6-4-3-5-7-11/h3-7,10H,9H2,1-2H3. The molecule has 3 nitrogen and oxygen atoms in total. The van der Waals surface area contributed by atoms with Gasteiger partial charge in [-0.2, -0.15) is 10.4 Å². The summed E-state index contributed by atoms with van der Waals surface area (Å²) in [5, 5.41) is 14.0. The number of rotatable bonds is 3. The summed E-state index contributed by atoms with van der Waals surface area (Å²) in [6.07, 6.45) is 0. The number of aromatic nitrogens is 2. The fourth-order valence-electron chi connectivity index (χ4n) is 1.83. The lowest BCUT2D eigenvalue weighted by molar-refractivity contribution is 0.658. The molecule has 0 saturated heterocycles. The molecule has 0 amide bonds. The molecule has 92 valence electrons. The van der Waals surface area contributed by atoms with E-state index in [1.54, 1.807) is 4.68 Å². The quantitative estimate of drug-likeness (QED) is 0.845. The maximum atomic E-state index is 9.14. The Bertz CT molecular complexity index is 579. The highest BCUT2D eigenvalue weighted by molar-refractivity contribution is 6.30. The molecule has 0 N–H and O–H groups in total. The number of benzene rings is 1.